The summed E-state index contributed by atoms with van der Waals surface area (Å²) in [4.78, 5) is 44.1. The molecule has 8 heteroatoms. The largest absolute Gasteiger partial charge is 0.463 e. The molecular formula is C11H13BrO7. The molecule has 7 nitrogen and oxygen atoms in total. The van der Waals surface area contributed by atoms with Crippen LogP contribution in [0, 0.1) is 0 Å². The van der Waals surface area contributed by atoms with Gasteiger partial charge in [-0.05, 0) is 13.8 Å². The predicted octanol–water partition coefficient (Wildman–Crippen LogP) is 0.502. The molecule has 0 aromatic carbocycles. The molecule has 0 N–H and O–H groups in total. The number of esters is 4. The second-order valence-electron chi connectivity index (χ2n) is 3.09. The molecular weight excluding hydrogens is 324 g/mol. The molecule has 1 unspecified atom stereocenters. The first kappa shape index (κ1) is 17.3. The molecule has 0 aliphatic heterocycles. The van der Waals surface area contributed by atoms with Crippen molar-refractivity contribution in [1.82, 2.24) is 0 Å². The summed E-state index contributed by atoms with van der Waals surface area (Å²) in [5, 5.41) is -0.151. The highest BCUT2D eigenvalue weighted by molar-refractivity contribution is 9.09. The molecule has 0 fully saturated rings. The summed E-state index contributed by atoms with van der Waals surface area (Å²) in [6.45, 7) is 3.03. The number of ether oxygens (including phenoxy) is 3. The number of rotatable bonds is 6. The van der Waals surface area contributed by atoms with Crippen molar-refractivity contribution in [3.05, 3.63) is 12.2 Å². The van der Waals surface area contributed by atoms with Gasteiger partial charge in [-0.25, -0.2) is 14.4 Å². The zero-order chi connectivity index (χ0) is 14.8. The summed E-state index contributed by atoms with van der Waals surface area (Å²) in [6.07, 6.45) is 0.420. The van der Waals surface area contributed by atoms with Gasteiger partial charge < -0.3 is 14.2 Å². The van der Waals surface area contributed by atoms with Crippen molar-refractivity contribution in [2.45, 2.75) is 20.0 Å². The Morgan fingerprint density at radius 2 is 1.74 bits per heavy atom. The Morgan fingerprint density at radius 1 is 1.16 bits per heavy atom. The smallest absolute Gasteiger partial charge is 0.354 e. The molecule has 0 aliphatic carbocycles. The van der Waals surface area contributed by atoms with Gasteiger partial charge in [-0.1, -0.05) is 15.9 Å². The summed E-state index contributed by atoms with van der Waals surface area (Å²) in [6, 6.07) is 0. The lowest BCUT2D eigenvalue weighted by molar-refractivity contribution is -0.170. The van der Waals surface area contributed by atoms with Crippen molar-refractivity contribution in [3.63, 3.8) is 0 Å². The third-order valence-electron chi connectivity index (χ3n) is 1.59. The van der Waals surface area contributed by atoms with E-state index in [2.05, 4.69) is 30.1 Å². The van der Waals surface area contributed by atoms with Crippen molar-refractivity contribution < 1.29 is 33.4 Å². The first-order valence-electron chi connectivity index (χ1n) is 5.26. The van der Waals surface area contributed by atoms with Crippen LogP contribution < -0.4 is 0 Å². The quantitative estimate of drug-likeness (QED) is 0.229. The van der Waals surface area contributed by atoms with Gasteiger partial charge in [0.2, 0.25) is 0 Å². The molecule has 0 aliphatic rings. The van der Waals surface area contributed by atoms with E-state index in [0.717, 1.165) is 12.2 Å². The monoisotopic (exact) mass is 336 g/mol. The fraction of sp³-hybridized carbons (Fsp3) is 0.455. The van der Waals surface area contributed by atoms with Crippen molar-refractivity contribution in [3.8, 4) is 0 Å². The van der Waals surface area contributed by atoms with Gasteiger partial charge in [0, 0.05) is 12.2 Å². The molecule has 1 atom stereocenters. The van der Waals surface area contributed by atoms with E-state index in [4.69, 9.17) is 0 Å². The summed E-state index contributed by atoms with van der Waals surface area (Å²) < 4.78 is 13.5. The first-order chi connectivity index (χ1) is 8.90. The fourth-order valence-corrected chi connectivity index (χ4v) is 0.925. The summed E-state index contributed by atoms with van der Waals surface area (Å²) in [5.74, 6) is -3.43. The Bertz CT molecular complexity index is 389. The highest BCUT2D eigenvalue weighted by Gasteiger charge is 2.20. The molecule has 19 heavy (non-hydrogen) atoms. The van der Waals surface area contributed by atoms with E-state index in [9.17, 15) is 19.2 Å². The van der Waals surface area contributed by atoms with Crippen LogP contribution in [0.1, 0.15) is 13.8 Å². The topological polar surface area (TPSA) is 96.0 Å². The number of hydrogen-bond donors (Lipinski definition) is 0. The average Bonchev–Trinajstić information content (AvgIpc) is 2.36. The highest BCUT2D eigenvalue weighted by atomic mass is 79.9. The van der Waals surface area contributed by atoms with Crippen LogP contribution in [-0.2, 0) is 33.4 Å². The van der Waals surface area contributed by atoms with Crippen molar-refractivity contribution in [2.75, 3.05) is 11.9 Å². The van der Waals surface area contributed by atoms with E-state index < -0.39 is 30.0 Å². The average molecular weight is 337 g/mol. The molecule has 0 aromatic rings. The Hall–Kier alpha value is -1.70. The SMILES string of the molecule is CCOC(=O)/C=C\C(=O)OC(C)C(=O)OC(=O)CBr. The minimum absolute atomic E-state index is 0.151. The normalized spacial score (nSPS) is 11.7. The first-order valence-corrected chi connectivity index (χ1v) is 6.38. The van der Waals surface area contributed by atoms with Crippen LogP contribution in [-0.4, -0.2) is 41.9 Å². The van der Waals surface area contributed by atoms with Gasteiger partial charge in [0.1, 0.15) is 5.33 Å². The standard InChI is InChI=1S/C11H13BrO7/c1-3-17-8(13)4-5-9(14)18-7(2)11(16)19-10(15)6-12/h4-5,7H,3,6H2,1-2H3/b5-4-. The van der Waals surface area contributed by atoms with Crippen LogP contribution >= 0.6 is 15.9 Å². The second-order valence-corrected chi connectivity index (χ2v) is 3.65. The summed E-state index contributed by atoms with van der Waals surface area (Å²) in [7, 11) is 0. The number of carbonyl (C=O) groups excluding carboxylic acids is 4. The van der Waals surface area contributed by atoms with Gasteiger partial charge >= 0.3 is 23.9 Å². The van der Waals surface area contributed by atoms with E-state index in [0.29, 0.717) is 0 Å². The number of hydrogen-bond acceptors (Lipinski definition) is 7. The maximum atomic E-state index is 11.2. The molecule has 0 radical (unpaired) electrons. The Labute approximate surface area is 118 Å². The maximum absolute atomic E-state index is 11.2. The highest BCUT2D eigenvalue weighted by Crippen LogP contribution is 1.98. The second kappa shape index (κ2) is 9.26. The summed E-state index contributed by atoms with van der Waals surface area (Å²) >= 11 is 2.80. The molecule has 0 aromatic heterocycles. The molecule has 106 valence electrons. The van der Waals surface area contributed by atoms with Crippen molar-refractivity contribution >= 4 is 39.8 Å². The minimum atomic E-state index is -1.26. The number of halogens is 1. The van der Waals surface area contributed by atoms with E-state index in [1.54, 1.807) is 6.92 Å². The van der Waals surface area contributed by atoms with Gasteiger partial charge in [-0.15, -0.1) is 0 Å². The lowest BCUT2D eigenvalue weighted by Crippen LogP contribution is -2.28. The Morgan fingerprint density at radius 3 is 2.26 bits per heavy atom. The molecule has 0 heterocycles. The molecule has 0 saturated carbocycles. The zero-order valence-corrected chi connectivity index (χ0v) is 12.0. The third-order valence-corrected chi connectivity index (χ3v) is 2.05. The molecule has 0 saturated heterocycles. The number of carbonyl (C=O) groups is 4. The molecule has 0 bridgehead atoms. The maximum Gasteiger partial charge on any atom is 0.354 e. The van der Waals surface area contributed by atoms with Crippen LogP contribution in [0.2, 0.25) is 0 Å². The van der Waals surface area contributed by atoms with Gasteiger partial charge in [0.25, 0.3) is 0 Å². The van der Waals surface area contributed by atoms with Crippen LogP contribution in [0.4, 0.5) is 0 Å². The molecule has 0 amide bonds. The Balaban J connectivity index is 4.22. The van der Waals surface area contributed by atoms with E-state index in [1.807, 2.05) is 0 Å². The van der Waals surface area contributed by atoms with Gasteiger partial charge in [0.15, 0.2) is 6.10 Å². The number of alkyl halides is 1. The van der Waals surface area contributed by atoms with Crippen LogP contribution in [0.25, 0.3) is 0 Å². The molecule has 0 spiro atoms. The van der Waals surface area contributed by atoms with Gasteiger partial charge in [-0.3, -0.25) is 4.79 Å². The molecule has 0 rings (SSSR count). The third kappa shape index (κ3) is 8.09. The predicted molar refractivity (Wildman–Crippen MR) is 66.2 cm³/mol. The van der Waals surface area contributed by atoms with Gasteiger partial charge in [0.05, 0.1) is 6.61 Å². The lowest BCUT2D eigenvalue weighted by atomic mass is 10.4. The zero-order valence-electron chi connectivity index (χ0n) is 10.4. The van der Waals surface area contributed by atoms with E-state index in [1.165, 1.54) is 6.92 Å². The van der Waals surface area contributed by atoms with Crippen molar-refractivity contribution in [2.24, 2.45) is 0 Å². The van der Waals surface area contributed by atoms with Crippen LogP contribution in [0.3, 0.4) is 0 Å². The van der Waals surface area contributed by atoms with E-state index in [-0.39, 0.29) is 11.9 Å². The lowest BCUT2D eigenvalue weighted by Gasteiger charge is -2.09. The van der Waals surface area contributed by atoms with Crippen LogP contribution in [0.5, 0.6) is 0 Å². The van der Waals surface area contributed by atoms with Crippen LogP contribution in [0.15, 0.2) is 12.2 Å². The van der Waals surface area contributed by atoms with E-state index >= 15 is 0 Å². The fourth-order valence-electron chi connectivity index (χ4n) is 0.811. The van der Waals surface area contributed by atoms with Crippen molar-refractivity contribution in [1.29, 1.82) is 0 Å². The summed E-state index contributed by atoms with van der Waals surface area (Å²) in [5.41, 5.74) is 0. The van der Waals surface area contributed by atoms with Gasteiger partial charge in [-0.2, -0.15) is 0 Å². The minimum Gasteiger partial charge on any atom is -0.463 e. The Kier molecular flexibility index (Phi) is 8.43.